The van der Waals surface area contributed by atoms with E-state index >= 15 is 0 Å². The molecule has 0 saturated carbocycles. The van der Waals surface area contributed by atoms with Crippen LogP contribution >= 0.6 is 0 Å². The van der Waals surface area contributed by atoms with Gasteiger partial charge in [0.1, 0.15) is 6.10 Å². The minimum Gasteiger partial charge on any atom is -0.481 e. The van der Waals surface area contributed by atoms with Crippen LogP contribution in [-0.4, -0.2) is 42.2 Å². The molecule has 3 atom stereocenters. The molecule has 1 aromatic heterocycles. The second-order valence-corrected chi connectivity index (χ2v) is 5.63. The van der Waals surface area contributed by atoms with Crippen molar-refractivity contribution in [3.63, 3.8) is 0 Å². The monoisotopic (exact) mass is 262 g/mol. The average Bonchev–Trinajstić information content (AvgIpc) is 2.40. The molecule has 2 bridgehead atoms. The first-order chi connectivity index (χ1) is 9.26. The molecule has 3 heterocycles. The minimum absolute atomic E-state index is 0.297. The highest BCUT2D eigenvalue weighted by Gasteiger charge is 2.36. The number of hydrogen-bond acceptors (Lipinski definition) is 4. The molecule has 2 saturated heterocycles. The number of fused-ring (bicyclic) bond motifs is 2. The van der Waals surface area contributed by atoms with Crippen LogP contribution in [0.3, 0.4) is 0 Å². The van der Waals surface area contributed by atoms with Crippen molar-refractivity contribution in [2.75, 3.05) is 14.2 Å². The Labute approximate surface area is 114 Å². The maximum absolute atomic E-state index is 6.06. The Morgan fingerprint density at radius 1 is 1.16 bits per heavy atom. The standard InChI is InChI=1S/C15H22N2O2/c1-17-11-5-3-6-12(17)10-13(9-11)19-15-8-4-7-14(16-15)18-2/h4,7-8,11-13H,3,5-6,9-10H2,1-2H3/t11-,12+,13-. The van der Waals surface area contributed by atoms with Crippen LogP contribution in [-0.2, 0) is 0 Å². The van der Waals surface area contributed by atoms with Gasteiger partial charge in [-0.3, -0.25) is 0 Å². The van der Waals surface area contributed by atoms with E-state index in [9.17, 15) is 0 Å². The summed E-state index contributed by atoms with van der Waals surface area (Å²) in [6.45, 7) is 0. The smallest absolute Gasteiger partial charge is 0.216 e. The number of pyridine rings is 1. The van der Waals surface area contributed by atoms with Crippen LogP contribution in [0.2, 0.25) is 0 Å². The number of piperidine rings is 2. The van der Waals surface area contributed by atoms with Gasteiger partial charge in [0.2, 0.25) is 11.8 Å². The number of aromatic nitrogens is 1. The third kappa shape index (κ3) is 2.68. The van der Waals surface area contributed by atoms with Crippen molar-refractivity contribution in [1.82, 2.24) is 9.88 Å². The largest absolute Gasteiger partial charge is 0.481 e. The average molecular weight is 262 g/mol. The van der Waals surface area contributed by atoms with Crippen LogP contribution in [0.4, 0.5) is 0 Å². The van der Waals surface area contributed by atoms with Crippen LogP contribution < -0.4 is 9.47 Å². The molecule has 0 aliphatic carbocycles. The molecule has 0 amide bonds. The van der Waals surface area contributed by atoms with Gasteiger partial charge in [-0.15, -0.1) is 0 Å². The van der Waals surface area contributed by atoms with Gasteiger partial charge in [0.15, 0.2) is 0 Å². The summed E-state index contributed by atoms with van der Waals surface area (Å²) in [5.74, 6) is 1.30. The highest BCUT2D eigenvalue weighted by atomic mass is 16.5. The molecule has 3 rings (SSSR count). The van der Waals surface area contributed by atoms with Crippen LogP contribution in [0.5, 0.6) is 11.8 Å². The summed E-state index contributed by atoms with van der Waals surface area (Å²) in [5.41, 5.74) is 0. The van der Waals surface area contributed by atoms with Crippen LogP contribution in [0, 0.1) is 0 Å². The molecule has 1 aromatic rings. The summed E-state index contributed by atoms with van der Waals surface area (Å²) in [7, 11) is 3.89. The van der Waals surface area contributed by atoms with Crippen LogP contribution in [0.15, 0.2) is 18.2 Å². The minimum atomic E-state index is 0.297. The van der Waals surface area contributed by atoms with E-state index in [4.69, 9.17) is 9.47 Å². The second kappa shape index (κ2) is 5.37. The molecule has 104 valence electrons. The summed E-state index contributed by atoms with van der Waals surface area (Å²) in [6.07, 6.45) is 6.50. The van der Waals surface area contributed by atoms with Crippen molar-refractivity contribution in [1.29, 1.82) is 0 Å². The fourth-order valence-electron chi connectivity index (χ4n) is 3.41. The van der Waals surface area contributed by atoms with Crippen molar-refractivity contribution in [3.05, 3.63) is 18.2 Å². The summed E-state index contributed by atoms with van der Waals surface area (Å²) in [4.78, 5) is 6.88. The zero-order valence-electron chi connectivity index (χ0n) is 11.7. The zero-order valence-corrected chi connectivity index (χ0v) is 11.7. The van der Waals surface area contributed by atoms with E-state index in [0.29, 0.717) is 29.9 Å². The molecule has 2 aliphatic rings. The predicted molar refractivity (Wildman–Crippen MR) is 73.6 cm³/mol. The molecule has 0 aromatic carbocycles. The van der Waals surface area contributed by atoms with Gasteiger partial charge in [-0.1, -0.05) is 12.5 Å². The Morgan fingerprint density at radius 2 is 1.84 bits per heavy atom. The number of rotatable bonds is 3. The number of ether oxygens (including phenoxy) is 2. The number of methoxy groups -OCH3 is 1. The van der Waals surface area contributed by atoms with Crippen LogP contribution in [0.1, 0.15) is 32.1 Å². The highest BCUT2D eigenvalue weighted by molar-refractivity contribution is 5.20. The van der Waals surface area contributed by atoms with E-state index in [1.807, 2.05) is 18.2 Å². The Hall–Kier alpha value is -1.29. The van der Waals surface area contributed by atoms with E-state index in [1.165, 1.54) is 19.3 Å². The maximum atomic E-state index is 6.06. The fourth-order valence-corrected chi connectivity index (χ4v) is 3.41. The molecule has 0 unspecified atom stereocenters. The highest BCUT2D eigenvalue weighted by Crippen LogP contribution is 2.34. The Balaban J connectivity index is 1.67. The van der Waals surface area contributed by atoms with Crippen molar-refractivity contribution in [2.24, 2.45) is 0 Å². The topological polar surface area (TPSA) is 34.6 Å². The number of nitrogens with zero attached hydrogens (tertiary/aromatic N) is 2. The van der Waals surface area contributed by atoms with Gasteiger partial charge in [-0.2, -0.15) is 4.98 Å². The van der Waals surface area contributed by atoms with Crippen LogP contribution in [0.25, 0.3) is 0 Å². The van der Waals surface area contributed by atoms with E-state index in [-0.39, 0.29) is 0 Å². The molecular formula is C15H22N2O2. The lowest BCUT2D eigenvalue weighted by Crippen LogP contribution is -2.52. The Bertz CT molecular complexity index is 424. The third-order valence-corrected chi connectivity index (χ3v) is 4.49. The Morgan fingerprint density at radius 3 is 2.53 bits per heavy atom. The SMILES string of the molecule is COc1cccc(O[C@@H]2C[C@H]3CCC[C@@H](C2)N3C)n1. The quantitative estimate of drug-likeness (QED) is 0.838. The lowest BCUT2D eigenvalue weighted by atomic mass is 9.83. The third-order valence-electron chi connectivity index (χ3n) is 4.49. The molecule has 4 heteroatoms. The van der Waals surface area contributed by atoms with E-state index in [2.05, 4.69) is 16.9 Å². The Kier molecular flexibility index (Phi) is 3.60. The van der Waals surface area contributed by atoms with Gasteiger partial charge in [0, 0.05) is 24.2 Å². The summed E-state index contributed by atoms with van der Waals surface area (Å²) < 4.78 is 11.2. The predicted octanol–water partition coefficient (Wildman–Crippen LogP) is 2.48. The molecular weight excluding hydrogens is 240 g/mol. The van der Waals surface area contributed by atoms with Gasteiger partial charge >= 0.3 is 0 Å². The van der Waals surface area contributed by atoms with E-state index < -0.39 is 0 Å². The van der Waals surface area contributed by atoms with Crippen molar-refractivity contribution in [2.45, 2.75) is 50.3 Å². The first-order valence-corrected chi connectivity index (χ1v) is 7.16. The number of hydrogen-bond donors (Lipinski definition) is 0. The van der Waals surface area contributed by atoms with E-state index in [0.717, 1.165) is 12.8 Å². The molecule has 0 N–H and O–H groups in total. The molecule has 2 fully saturated rings. The first kappa shape index (κ1) is 12.7. The van der Waals surface area contributed by atoms with Gasteiger partial charge in [-0.25, -0.2) is 0 Å². The van der Waals surface area contributed by atoms with E-state index in [1.54, 1.807) is 7.11 Å². The van der Waals surface area contributed by atoms with Crippen molar-refractivity contribution < 1.29 is 9.47 Å². The van der Waals surface area contributed by atoms with Crippen molar-refractivity contribution >= 4 is 0 Å². The molecule has 19 heavy (non-hydrogen) atoms. The van der Waals surface area contributed by atoms with Gasteiger partial charge < -0.3 is 14.4 Å². The first-order valence-electron chi connectivity index (χ1n) is 7.16. The van der Waals surface area contributed by atoms with Crippen molar-refractivity contribution in [3.8, 4) is 11.8 Å². The lowest BCUT2D eigenvalue weighted by Gasteiger charge is -2.46. The maximum Gasteiger partial charge on any atom is 0.216 e. The lowest BCUT2D eigenvalue weighted by molar-refractivity contribution is -0.00157. The fraction of sp³-hybridized carbons (Fsp3) is 0.667. The van der Waals surface area contributed by atoms with Gasteiger partial charge in [0.05, 0.1) is 7.11 Å². The molecule has 0 spiro atoms. The molecule has 2 aliphatic heterocycles. The summed E-state index contributed by atoms with van der Waals surface area (Å²) in [5, 5.41) is 0. The summed E-state index contributed by atoms with van der Waals surface area (Å²) >= 11 is 0. The second-order valence-electron chi connectivity index (χ2n) is 5.63. The molecule has 0 radical (unpaired) electrons. The molecule has 4 nitrogen and oxygen atoms in total. The normalized spacial score (nSPS) is 30.9. The van der Waals surface area contributed by atoms with Gasteiger partial charge in [-0.05, 0) is 32.7 Å². The zero-order chi connectivity index (χ0) is 13.2. The van der Waals surface area contributed by atoms with Gasteiger partial charge in [0.25, 0.3) is 0 Å². The summed E-state index contributed by atoms with van der Waals surface area (Å²) in [6, 6.07) is 7.05.